The van der Waals surface area contributed by atoms with Crippen LogP contribution in [0.1, 0.15) is 35.7 Å². The standard InChI is InChI=1S/C16H18N2O3/c1-2-21-16(20)14-4-3-9-18(11-14)15(19)13-7-5-12(10-17)6-8-13/h5-8,14H,2-4,9,11H2,1H3. The molecule has 1 atom stereocenters. The Hall–Kier alpha value is -2.35. The molecule has 1 aliphatic heterocycles. The molecule has 1 fully saturated rings. The van der Waals surface area contributed by atoms with Gasteiger partial charge in [0.15, 0.2) is 0 Å². The average molecular weight is 286 g/mol. The highest BCUT2D eigenvalue weighted by Gasteiger charge is 2.29. The summed E-state index contributed by atoms with van der Waals surface area (Å²) in [6, 6.07) is 8.57. The summed E-state index contributed by atoms with van der Waals surface area (Å²) in [6.45, 7) is 3.19. The maximum atomic E-state index is 12.4. The lowest BCUT2D eigenvalue weighted by atomic mass is 9.97. The molecule has 0 aromatic heterocycles. The largest absolute Gasteiger partial charge is 0.466 e. The van der Waals surface area contributed by atoms with Crippen molar-refractivity contribution in [3.63, 3.8) is 0 Å². The fourth-order valence-corrected chi connectivity index (χ4v) is 2.48. The van der Waals surface area contributed by atoms with Crippen molar-refractivity contribution in [3.05, 3.63) is 35.4 Å². The predicted molar refractivity (Wildman–Crippen MR) is 76.4 cm³/mol. The molecule has 1 heterocycles. The molecule has 1 unspecified atom stereocenters. The number of hydrogen-bond acceptors (Lipinski definition) is 4. The number of hydrogen-bond donors (Lipinski definition) is 0. The van der Waals surface area contributed by atoms with E-state index in [-0.39, 0.29) is 17.8 Å². The van der Waals surface area contributed by atoms with Crippen LogP contribution in [0.25, 0.3) is 0 Å². The van der Waals surface area contributed by atoms with Gasteiger partial charge in [0.25, 0.3) is 5.91 Å². The number of nitrogens with zero attached hydrogens (tertiary/aromatic N) is 2. The number of benzene rings is 1. The Morgan fingerprint density at radius 2 is 2.10 bits per heavy atom. The number of nitriles is 1. The van der Waals surface area contributed by atoms with E-state index in [9.17, 15) is 9.59 Å². The van der Waals surface area contributed by atoms with Gasteiger partial charge in [0.05, 0.1) is 24.2 Å². The molecule has 0 saturated carbocycles. The van der Waals surface area contributed by atoms with E-state index in [1.54, 1.807) is 36.1 Å². The molecular formula is C16H18N2O3. The van der Waals surface area contributed by atoms with Gasteiger partial charge < -0.3 is 9.64 Å². The Bertz CT molecular complexity index is 560. The second-order valence-corrected chi connectivity index (χ2v) is 5.03. The lowest BCUT2D eigenvalue weighted by molar-refractivity contribution is -0.149. The zero-order valence-corrected chi connectivity index (χ0v) is 12.0. The van der Waals surface area contributed by atoms with Crippen LogP contribution < -0.4 is 0 Å². The first kappa shape index (κ1) is 15.0. The highest BCUT2D eigenvalue weighted by Crippen LogP contribution is 2.20. The molecule has 21 heavy (non-hydrogen) atoms. The highest BCUT2D eigenvalue weighted by atomic mass is 16.5. The smallest absolute Gasteiger partial charge is 0.310 e. The van der Waals surface area contributed by atoms with Crippen LogP contribution in [0.3, 0.4) is 0 Å². The van der Waals surface area contributed by atoms with E-state index in [0.717, 1.165) is 12.8 Å². The minimum absolute atomic E-state index is 0.103. The third kappa shape index (κ3) is 3.60. The van der Waals surface area contributed by atoms with Crippen LogP contribution in [0.5, 0.6) is 0 Å². The fourth-order valence-electron chi connectivity index (χ4n) is 2.48. The van der Waals surface area contributed by atoms with Gasteiger partial charge in [-0.15, -0.1) is 0 Å². The van der Waals surface area contributed by atoms with Crippen LogP contribution >= 0.6 is 0 Å². The monoisotopic (exact) mass is 286 g/mol. The van der Waals surface area contributed by atoms with Crippen LogP contribution in [0, 0.1) is 17.2 Å². The number of piperidine rings is 1. The fraction of sp³-hybridized carbons (Fsp3) is 0.438. The molecular weight excluding hydrogens is 268 g/mol. The maximum absolute atomic E-state index is 12.4. The molecule has 5 nitrogen and oxygen atoms in total. The SMILES string of the molecule is CCOC(=O)C1CCCN(C(=O)c2ccc(C#N)cc2)C1. The number of amides is 1. The zero-order chi connectivity index (χ0) is 15.2. The van der Waals surface area contributed by atoms with Gasteiger partial charge in [-0.3, -0.25) is 9.59 Å². The maximum Gasteiger partial charge on any atom is 0.310 e. The minimum atomic E-state index is -0.235. The molecule has 1 aromatic carbocycles. The van der Waals surface area contributed by atoms with Crippen molar-refractivity contribution >= 4 is 11.9 Å². The number of rotatable bonds is 3. The van der Waals surface area contributed by atoms with E-state index in [4.69, 9.17) is 10.00 Å². The Labute approximate surface area is 124 Å². The summed E-state index contributed by atoms with van der Waals surface area (Å²) in [5, 5.41) is 8.77. The first-order chi connectivity index (χ1) is 10.2. The average Bonchev–Trinajstić information content (AvgIpc) is 2.54. The zero-order valence-electron chi connectivity index (χ0n) is 12.0. The first-order valence-corrected chi connectivity index (χ1v) is 7.11. The number of carbonyl (C=O) groups excluding carboxylic acids is 2. The Morgan fingerprint density at radius 3 is 2.71 bits per heavy atom. The van der Waals surface area contributed by atoms with E-state index < -0.39 is 0 Å². The summed E-state index contributed by atoms with van der Waals surface area (Å²) in [5.41, 5.74) is 1.06. The van der Waals surface area contributed by atoms with Crippen LogP contribution in [-0.4, -0.2) is 36.5 Å². The van der Waals surface area contributed by atoms with Crippen molar-refractivity contribution in [2.24, 2.45) is 5.92 Å². The quantitative estimate of drug-likeness (QED) is 0.797. The van der Waals surface area contributed by atoms with E-state index in [1.807, 2.05) is 6.07 Å². The second-order valence-electron chi connectivity index (χ2n) is 5.03. The molecule has 1 aromatic rings. The van der Waals surface area contributed by atoms with Gasteiger partial charge in [-0.25, -0.2) is 0 Å². The van der Waals surface area contributed by atoms with Gasteiger partial charge in [-0.05, 0) is 44.0 Å². The lowest BCUT2D eigenvalue weighted by Gasteiger charge is -2.31. The summed E-state index contributed by atoms with van der Waals surface area (Å²) >= 11 is 0. The molecule has 0 aliphatic carbocycles. The van der Waals surface area contributed by atoms with Crippen LogP contribution in [0.2, 0.25) is 0 Å². The van der Waals surface area contributed by atoms with Gasteiger partial charge in [0, 0.05) is 18.7 Å². The van der Waals surface area contributed by atoms with E-state index in [1.165, 1.54) is 0 Å². The van der Waals surface area contributed by atoms with E-state index in [0.29, 0.717) is 30.8 Å². The Morgan fingerprint density at radius 1 is 1.38 bits per heavy atom. The van der Waals surface area contributed by atoms with E-state index in [2.05, 4.69) is 0 Å². The second kappa shape index (κ2) is 6.89. The van der Waals surface area contributed by atoms with Crippen molar-refractivity contribution in [1.29, 1.82) is 5.26 Å². The molecule has 0 spiro atoms. The third-order valence-corrected chi connectivity index (χ3v) is 3.59. The van der Waals surface area contributed by atoms with Crippen molar-refractivity contribution in [2.45, 2.75) is 19.8 Å². The number of esters is 1. The molecule has 1 aliphatic rings. The Balaban J connectivity index is 2.04. The molecule has 1 amide bonds. The predicted octanol–water partition coefficient (Wildman–Crippen LogP) is 1.97. The molecule has 5 heteroatoms. The molecule has 110 valence electrons. The minimum Gasteiger partial charge on any atom is -0.466 e. The van der Waals surface area contributed by atoms with Crippen LogP contribution in [0.15, 0.2) is 24.3 Å². The summed E-state index contributed by atoms with van der Waals surface area (Å²) in [5.74, 6) is -0.565. The van der Waals surface area contributed by atoms with Crippen molar-refractivity contribution in [2.75, 3.05) is 19.7 Å². The topological polar surface area (TPSA) is 70.4 Å². The number of ether oxygens (including phenoxy) is 1. The molecule has 0 bridgehead atoms. The lowest BCUT2D eigenvalue weighted by Crippen LogP contribution is -2.42. The van der Waals surface area contributed by atoms with Gasteiger partial charge in [-0.1, -0.05) is 0 Å². The van der Waals surface area contributed by atoms with Crippen molar-refractivity contribution in [3.8, 4) is 6.07 Å². The summed E-state index contributed by atoms with van der Waals surface area (Å²) in [7, 11) is 0. The molecule has 1 saturated heterocycles. The Kier molecular flexibility index (Phi) is 4.94. The first-order valence-electron chi connectivity index (χ1n) is 7.11. The molecule has 2 rings (SSSR count). The van der Waals surface area contributed by atoms with Crippen LogP contribution in [-0.2, 0) is 9.53 Å². The van der Waals surface area contributed by atoms with Crippen molar-refractivity contribution in [1.82, 2.24) is 4.90 Å². The van der Waals surface area contributed by atoms with E-state index >= 15 is 0 Å². The van der Waals surface area contributed by atoms with Gasteiger partial charge in [-0.2, -0.15) is 5.26 Å². The summed E-state index contributed by atoms with van der Waals surface area (Å²) < 4.78 is 5.03. The molecule has 0 radical (unpaired) electrons. The van der Waals surface area contributed by atoms with Crippen molar-refractivity contribution < 1.29 is 14.3 Å². The normalized spacial score (nSPS) is 17.9. The summed E-state index contributed by atoms with van der Waals surface area (Å²) in [4.78, 5) is 25.9. The number of likely N-dealkylation sites (tertiary alicyclic amines) is 1. The van der Waals surface area contributed by atoms with Gasteiger partial charge in [0.1, 0.15) is 0 Å². The van der Waals surface area contributed by atoms with Gasteiger partial charge in [0.2, 0.25) is 0 Å². The van der Waals surface area contributed by atoms with Crippen LogP contribution in [0.4, 0.5) is 0 Å². The number of carbonyl (C=O) groups is 2. The highest BCUT2D eigenvalue weighted by molar-refractivity contribution is 5.94. The van der Waals surface area contributed by atoms with Gasteiger partial charge >= 0.3 is 5.97 Å². The third-order valence-electron chi connectivity index (χ3n) is 3.59. The summed E-state index contributed by atoms with van der Waals surface area (Å²) in [6.07, 6.45) is 1.56. The molecule has 0 N–H and O–H groups in total.